The smallest absolute Gasteiger partial charge is 0.261 e. The average Bonchev–Trinajstić information content (AvgIpc) is 2.59. The van der Waals surface area contributed by atoms with Crippen LogP contribution in [0, 0.1) is 0 Å². The van der Waals surface area contributed by atoms with E-state index in [1.165, 1.54) is 23.1 Å². The molecule has 2 amide bonds. The van der Waals surface area contributed by atoms with E-state index in [-0.39, 0.29) is 29.7 Å². The topological polar surface area (TPSA) is 77.8 Å². The number of carbonyl (C=O) groups excluding carboxylic acids is 2. The molecule has 96 valence electrons. The highest BCUT2D eigenvalue weighted by atomic mass is 16.3. The number of benzene rings is 1. The Balaban J connectivity index is 2.08. The first-order valence-corrected chi connectivity index (χ1v) is 5.95. The molecule has 5 heteroatoms. The van der Waals surface area contributed by atoms with E-state index >= 15 is 0 Å². The summed E-state index contributed by atoms with van der Waals surface area (Å²) in [6.07, 6.45) is 2.12. The van der Waals surface area contributed by atoms with Crippen LogP contribution in [-0.4, -0.2) is 40.1 Å². The Morgan fingerprint density at radius 1 is 1.00 bits per heavy atom. The summed E-state index contributed by atoms with van der Waals surface area (Å²) in [5, 5.41) is 18.0. The quantitative estimate of drug-likeness (QED) is 0.606. The van der Waals surface area contributed by atoms with Crippen molar-refractivity contribution in [1.82, 2.24) is 4.90 Å². The third-order valence-corrected chi connectivity index (χ3v) is 2.99. The summed E-state index contributed by atoms with van der Waals surface area (Å²) in [4.78, 5) is 25.1. The lowest BCUT2D eigenvalue weighted by atomic mass is 10.1. The maximum absolute atomic E-state index is 12.0. The average molecular weight is 249 g/mol. The van der Waals surface area contributed by atoms with Gasteiger partial charge in [0.15, 0.2) is 0 Å². The van der Waals surface area contributed by atoms with E-state index in [1.807, 2.05) is 0 Å². The van der Waals surface area contributed by atoms with Crippen LogP contribution in [-0.2, 0) is 0 Å². The fourth-order valence-electron chi connectivity index (χ4n) is 2.04. The highest BCUT2D eigenvalue weighted by molar-refractivity contribution is 6.21. The summed E-state index contributed by atoms with van der Waals surface area (Å²) in [7, 11) is 0. The monoisotopic (exact) mass is 249 g/mol. The van der Waals surface area contributed by atoms with Gasteiger partial charge in [0.25, 0.3) is 11.8 Å². The standard InChI is InChI=1S/C13H15NO4/c15-7-3-1-2-6-14-12(17)10-5-4-9(16)8-11(10)13(14)18/h4-5,8,15-16H,1-3,6-7H2. The van der Waals surface area contributed by atoms with Crippen LogP contribution in [0.3, 0.4) is 0 Å². The molecule has 0 radical (unpaired) electrons. The lowest BCUT2D eigenvalue weighted by Gasteiger charge is -2.12. The van der Waals surface area contributed by atoms with Gasteiger partial charge in [-0.3, -0.25) is 14.5 Å². The zero-order chi connectivity index (χ0) is 13.1. The number of aliphatic hydroxyl groups is 1. The van der Waals surface area contributed by atoms with Crippen molar-refractivity contribution < 1.29 is 19.8 Å². The number of phenols is 1. The molecular weight excluding hydrogens is 234 g/mol. The van der Waals surface area contributed by atoms with Gasteiger partial charge >= 0.3 is 0 Å². The summed E-state index contributed by atoms with van der Waals surface area (Å²) in [6, 6.07) is 4.20. The van der Waals surface area contributed by atoms with Crippen molar-refractivity contribution in [2.45, 2.75) is 19.3 Å². The molecule has 18 heavy (non-hydrogen) atoms. The van der Waals surface area contributed by atoms with Crippen molar-refractivity contribution >= 4 is 11.8 Å². The van der Waals surface area contributed by atoms with Crippen molar-refractivity contribution in [2.24, 2.45) is 0 Å². The molecule has 1 aliphatic rings. The molecule has 2 N–H and O–H groups in total. The Bertz CT molecular complexity index is 484. The maximum Gasteiger partial charge on any atom is 0.261 e. The van der Waals surface area contributed by atoms with Crippen molar-refractivity contribution in [1.29, 1.82) is 0 Å². The molecule has 0 aromatic heterocycles. The summed E-state index contributed by atoms with van der Waals surface area (Å²) < 4.78 is 0. The van der Waals surface area contributed by atoms with E-state index < -0.39 is 0 Å². The number of imide groups is 1. The predicted octanol–water partition coefficient (Wildman–Crippen LogP) is 1.15. The number of aliphatic hydroxyl groups excluding tert-OH is 1. The molecule has 2 rings (SSSR count). The second-order valence-electron chi connectivity index (χ2n) is 4.28. The van der Waals surface area contributed by atoms with Crippen LogP contribution in [0.15, 0.2) is 18.2 Å². The maximum atomic E-state index is 12.0. The van der Waals surface area contributed by atoms with Crippen LogP contribution in [0.5, 0.6) is 5.75 Å². The molecule has 0 fully saturated rings. The molecule has 1 heterocycles. The van der Waals surface area contributed by atoms with Crippen molar-refractivity contribution in [2.75, 3.05) is 13.2 Å². The number of nitrogens with zero attached hydrogens (tertiary/aromatic N) is 1. The number of aromatic hydroxyl groups is 1. The zero-order valence-corrected chi connectivity index (χ0v) is 9.93. The van der Waals surface area contributed by atoms with Gasteiger partial charge < -0.3 is 10.2 Å². The van der Waals surface area contributed by atoms with Gasteiger partial charge in [-0.25, -0.2) is 0 Å². The van der Waals surface area contributed by atoms with Gasteiger partial charge in [0.2, 0.25) is 0 Å². The van der Waals surface area contributed by atoms with Crippen LogP contribution in [0.4, 0.5) is 0 Å². The van der Waals surface area contributed by atoms with E-state index in [9.17, 15) is 14.7 Å². The van der Waals surface area contributed by atoms with Crippen LogP contribution in [0.1, 0.15) is 40.0 Å². The molecular formula is C13H15NO4. The number of carbonyl (C=O) groups is 2. The van der Waals surface area contributed by atoms with E-state index in [1.54, 1.807) is 0 Å². The molecule has 0 saturated carbocycles. The molecule has 1 aromatic rings. The Kier molecular flexibility index (Phi) is 3.62. The molecule has 0 bridgehead atoms. The Hall–Kier alpha value is -1.88. The number of unbranched alkanes of at least 4 members (excludes halogenated alkanes) is 2. The molecule has 5 nitrogen and oxygen atoms in total. The first-order chi connectivity index (χ1) is 8.65. The van der Waals surface area contributed by atoms with Crippen LogP contribution < -0.4 is 0 Å². The largest absolute Gasteiger partial charge is 0.508 e. The third kappa shape index (κ3) is 2.22. The summed E-state index contributed by atoms with van der Waals surface area (Å²) >= 11 is 0. The Labute approximate surface area is 105 Å². The SMILES string of the molecule is O=C1c2ccc(O)cc2C(=O)N1CCCCCO. The van der Waals surface area contributed by atoms with Gasteiger partial charge in [0, 0.05) is 13.2 Å². The number of hydrogen-bond acceptors (Lipinski definition) is 4. The minimum atomic E-state index is -0.352. The van der Waals surface area contributed by atoms with Crippen molar-refractivity contribution in [3.05, 3.63) is 29.3 Å². The number of rotatable bonds is 5. The first kappa shape index (κ1) is 12.6. The molecule has 0 spiro atoms. The third-order valence-electron chi connectivity index (χ3n) is 2.99. The Morgan fingerprint density at radius 2 is 1.72 bits per heavy atom. The summed E-state index contributed by atoms with van der Waals surface area (Å²) in [5.41, 5.74) is 0.613. The second-order valence-corrected chi connectivity index (χ2v) is 4.28. The molecule has 1 aliphatic heterocycles. The normalized spacial score (nSPS) is 14.2. The minimum Gasteiger partial charge on any atom is -0.508 e. The molecule has 0 unspecified atom stereocenters. The van der Waals surface area contributed by atoms with Crippen LogP contribution in [0.2, 0.25) is 0 Å². The molecule has 1 aromatic carbocycles. The van der Waals surface area contributed by atoms with Gasteiger partial charge in [-0.1, -0.05) is 0 Å². The van der Waals surface area contributed by atoms with Gasteiger partial charge in [0.1, 0.15) is 5.75 Å². The highest BCUT2D eigenvalue weighted by Gasteiger charge is 2.35. The first-order valence-electron chi connectivity index (χ1n) is 5.95. The van der Waals surface area contributed by atoms with E-state index in [0.717, 1.165) is 6.42 Å². The number of phenolic OH excluding ortho intramolecular Hbond substituents is 1. The lowest BCUT2D eigenvalue weighted by molar-refractivity contribution is 0.0651. The van der Waals surface area contributed by atoms with E-state index in [4.69, 9.17) is 5.11 Å². The lowest BCUT2D eigenvalue weighted by Crippen LogP contribution is -2.30. The minimum absolute atomic E-state index is 0.0166. The number of amides is 2. The second kappa shape index (κ2) is 5.18. The fourth-order valence-corrected chi connectivity index (χ4v) is 2.04. The van der Waals surface area contributed by atoms with Crippen LogP contribution in [0.25, 0.3) is 0 Å². The summed E-state index contributed by atoms with van der Waals surface area (Å²) in [6.45, 7) is 0.475. The van der Waals surface area contributed by atoms with E-state index in [0.29, 0.717) is 24.9 Å². The number of hydrogen-bond donors (Lipinski definition) is 2. The fraction of sp³-hybridized carbons (Fsp3) is 0.385. The highest BCUT2D eigenvalue weighted by Crippen LogP contribution is 2.26. The van der Waals surface area contributed by atoms with Crippen molar-refractivity contribution in [3.63, 3.8) is 0 Å². The van der Waals surface area contributed by atoms with Crippen molar-refractivity contribution in [3.8, 4) is 5.75 Å². The number of fused-ring (bicyclic) bond motifs is 1. The van der Waals surface area contributed by atoms with Gasteiger partial charge in [-0.15, -0.1) is 0 Å². The van der Waals surface area contributed by atoms with Gasteiger partial charge in [0.05, 0.1) is 11.1 Å². The van der Waals surface area contributed by atoms with Gasteiger partial charge in [-0.2, -0.15) is 0 Å². The molecule has 0 atom stereocenters. The van der Waals surface area contributed by atoms with Crippen LogP contribution >= 0.6 is 0 Å². The van der Waals surface area contributed by atoms with E-state index in [2.05, 4.69) is 0 Å². The van der Waals surface area contributed by atoms with Gasteiger partial charge in [-0.05, 0) is 37.5 Å². The molecule has 0 aliphatic carbocycles. The predicted molar refractivity (Wildman–Crippen MR) is 64.4 cm³/mol. The molecule has 0 saturated heterocycles. The zero-order valence-electron chi connectivity index (χ0n) is 9.93. The Morgan fingerprint density at radius 3 is 2.44 bits per heavy atom. The summed E-state index contributed by atoms with van der Waals surface area (Å²) in [5.74, 6) is -0.675.